The molecule has 0 aliphatic carbocycles. The van der Waals surface area contributed by atoms with Crippen LogP contribution in [-0.2, 0) is 29.2 Å². The van der Waals surface area contributed by atoms with E-state index in [1.54, 1.807) is 0 Å². The zero-order valence-corrected chi connectivity index (χ0v) is 26.7. The van der Waals surface area contributed by atoms with Crippen molar-refractivity contribution in [1.29, 1.82) is 0 Å². The summed E-state index contributed by atoms with van der Waals surface area (Å²) >= 11 is 0. The molecule has 13 heteroatoms. The van der Waals surface area contributed by atoms with E-state index in [4.69, 9.17) is 24.8 Å². The standard InChI is InChI=1S/C28H53N3O8P2/c1-2-3-4-5-6-7-8-9-10-11-12-13-14-17-23-37-24-19-25-38-40(33,39-41(34,35)36)26-18-15-16-21-31-22-20-27(29)30-28(31)32/h18,20,22,26H,2-17,19,21,23-25H2,1H3,(H2,29,30,32)(H2,34,35,36). The first-order valence-corrected chi connectivity index (χ1v) is 18.4. The van der Waals surface area contributed by atoms with E-state index in [9.17, 15) is 13.9 Å². The van der Waals surface area contributed by atoms with Gasteiger partial charge in [-0.15, -0.1) is 0 Å². The number of aryl methyl sites for hydroxylation is 1. The third-order valence-electron chi connectivity index (χ3n) is 6.52. The number of aromatic nitrogens is 2. The lowest BCUT2D eigenvalue weighted by Crippen LogP contribution is -2.23. The number of unbranched alkanes of at least 4 members (excludes halogenated alkanes) is 14. The van der Waals surface area contributed by atoms with Crippen LogP contribution in [0.25, 0.3) is 0 Å². The molecule has 0 fully saturated rings. The molecule has 0 amide bonds. The molecule has 238 valence electrons. The number of hydrogen-bond donors (Lipinski definition) is 3. The predicted octanol–water partition coefficient (Wildman–Crippen LogP) is 7.33. The Morgan fingerprint density at radius 2 is 1.41 bits per heavy atom. The lowest BCUT2D eigenvalue weighted by atomic mass is 10.0. The van der Waals surface area contributed by atoms with Crippen LogP contribution in [0.5, 0.6) is 0 Å². The zero-order chi connectivity index (χ0) is 30.2. The van der Waals surface area contributed by atoms with E-state index in [1.165, 1.54) is 100.0 Å². The Labute approximate surface area is 246 Å². The largest absolute Gasteiger partial charge is 0.477 e. The summed E-state index contributed by atoms with van der Waals surface area (Å²) < 4.78 is 40.8. The molecule has 0 aliphatic heterocycles. The summed E-state index contributed by atoms with van der Waals surface area (Å²) in [7, 11) is -9.19. The van der Waals surface area contributed by atoms with E-state index in [-0.39, 0.29) is 12.4 Å². The van der Waals surface area contributed by atoms with Gasteiger partial charge in [-0.1, -0.05) is 96.5 Å². The SMILES string of the molecule is CCCCCCCCCCCCCCCCOCCCOP(=O)(C=CCCCn1ccc(N)nc1=O)OP(=O)(O)O. The molecule has 1 atom stereocenters. The van der Waals surface area contributed by atoms with Crippen LogP contribution in [-0.4, -0.2) is 39.2 Å². The molecule has 0 radical (unpaired) electrons. The molecule has 41 heavy (non-hydrogen) atoms. The number of nitrogen functional groups attached to an aromatic ring is 1. The Hall–Kier alpha value is -1.32. The highest BCUT2D eigenvalue weighted by Gasteiger charge is 2.31. The summed E-state index contributed by atoms with van der Waals surface area (Å²) in [6.07, 6.45) is 22.5. The van der Waals surface area contributed by atoms with E-state index in [1.807, 2.05) is 0 Å². The second kappa shape index (κ2) is 23.2. The van der Waals surface area contributed by atoms with Gasteiger partial charge in [0.25, 0.3) is 0 Å². The molecule has 0 aromatic carbocycles. The Morgan fingerprint density at radius 1 is 0.854 bits per heavy atom. The molecule has 1 rings (SSSR count). The van der Waals surface area contributed by atoms with Gasteiger partial charge in [-0.25, -0.2) is 13.7 Å². The second-order valence-electron chi connectivity index (χ2n) is 10.4. The van der Waals surface area contributed by atoms with Crippen molar-refractivity contribution >= 4 is 21.2 Å². The fourth-order valence-electron chi connectivity index (χ4n) is 4.29. The first-order chi connectivity index (χ1) is 19.7. The van der Waals surface area contributed by atoms with E-state index < -0.39 is 21.1 Å². The molecule has 4 N–H and O–H groups in total. The van der Waals surface area contributed by atoms with Crippen LogP contribution in [0.3, 0.4) is 0 Å². The lowest BCUT2D eigenvalue weighted by molar-refractivity contribution is 0.114. The topological polar surface area (TPSA) is 163 Å². The first kappa shape index (κ1) is 37.7. The summed E-state index contributed by atoms with van der Waals surface area (Å²) in [5, 5.41) is 0. The molecule has 0 saturated heterocycles. The minimum Gasteiger partial charge on any atom is -0.383 e. The summed E-state index contributed by atoms with van der Waals surface area (Å²) in [6, 6.07) is 1.51. The highest BCUT2D eigenvalue weighted by molar-refractivity contribution is 7.66. The lowest BCUT2D eigenvalue weighted by Gasteiger charge is -2.15. The molecule has 0 bridgehead atoms. The Kier molecular flexibility index (Phi) is 21.3. The van der Waals surface area contributed by atoms with Crippen LogP contribution in [0.4, 0.5) is 5.82 Å². The number of ether oxygens (including phenoxy) is 1. The third kappa shape index (κ3) is 22.0. The number of allylic oxidation sites excluding steroid dienone is 1. The summed E-state index contributed by atoms with van der Waals surface area (Å²) in [5.41, 5.74) is 4.99. The molecule has 11 nitrogen and oxygen atoms in total. The van der Waals surface area contributed by atoms with Crippen LogP contribution >= 0.6 is 15.4 Å². The average Bonchev–Trinajstić information content (AvgIpc) is 2.90. The first-order valence-electron chi connectivity index (χ1n) is 15.2. The molecule has 0 spiro atoms. The maximum atomic E-state index is 12.8. The van der Waals surface area contributed by atoms with Gasteiger partial charge < -0.3 is 24.8 Å². The molecule has 1 aromatic rings. The van der Waals surface area contributed by atoms with Gasteiger partial charge in [0, 0.05) is 31.8 Å². The average molecular weight is 622 g/mol. The minimum atomic E-state index is -5.03. The normalized spacial score (nSPS) is 13.6. The zero-order valence-electron chi connectivity index (χ0n) is 24.9. The van der Waals surface area contributed by atoms with Gasteiger partial charge in [-0.2, -0.15) is 4.98 Å². The van der Waals surface area contributed by atoms with Gasteiger partial charge in [0.15, 0.2) is 0 Å². The number of rotatable bonds is 27. The van der Waals surface area contributed by atoms with Gasteiger partial charge in [-0.3, -0.25) is 9.13 Å². The highest BCUT2D eigenvalue weighted by Crippen LogP contribution is 2.61. The number of nitrogens with zero attached hydrogens (tertiary/aromatic N) is 2. The molecular weight excluding hydrogens is 568 g/mol. The second-order valence-corrected chi connectivity index (χ2v) is 13.6. The Morgan fingerprint density at radius 3 is 1.98 bits per heavy atom. The van der Waals surface area contributed by atoms with E-state index >= 15 is 0 Å². The number of anilines is 1. The summed E-state index contributed by atoms with van der Waals surface area (Å²) in [5.74, 6) is 1.19. The van der Waals surface area contributed by atoms with Crippen LogP contribution in [0, 0.1) is 0 Å². The van der Waals surface area contributed by atoms with E-state index in [0.717, 1.165) is 18.7 Å². The molecule has 1 aromatic heterocycles. The van der Waals surface area contributed by atoms with Crippen LogP contribution in [0.15, 0.2) is 29.0 Å². The molecular formula is C28H53N3O8P2. The molecule has 0 saturated carbocycles. The Balaban J connectivity index is 2.10. The number of phosphoric acid groups is 1. The summed E-state index contributed by atoms with van der Waals surface area (Å²) in [4.78, 5) is 33.7. The molecule has 0 aliphatic rings. The predicted molar refractivity (Wildman–Crippen MR) is 164 cm³/mol. The summed E-state index contributed by atoms with van der Waals surface area (Å²) in [6.45, 7) is 3.59. The van der Waals surface area contributed by atoms with Gasteiger partial charge in [0.05, 0.1) is 6.61 Å². The van der Waals surface area contributed by atoms with Crippen LogP contribution in [0.1, 0.15) is 116 Å². The van der Waals surface area contributed by atoms with Crippen molar-refractivity contribution in [3.63, 3.8) is 0 Å². The van der Waals surface area contributed by atoms with Crippen molar-refractivity contribution in [3.05, 3.63) is 34.6 Å². The maximum Gasteiger partial charge on any atom is 0.477 e. The molecule has 1 heterocycles. The van der Waals surface area contributed by atoms with E-state index in [2.05, 4.69) is 16.2 Å². The third-order valence-corrected chi connectivity index (χ3v) is 9.40. The van der Waals surface area contributed by atoms with Crippen molar-refractivity contribution in [3.8, 4) is 0 Å². The smallest absolute Gasteiger partial charge is 0.383 e. The Bertz CT molecular complexity index is 983. The monoisotopic (exact) mass is 621 g/mol. The van der Waals surface area contributed by atoms with Crippen molar-refractivity contribution in [2.45, 2.75) is 123 Å². The van der Waals surface area contributed by atoms with Crippen molar-refractivity contribution < 1.29 is 32.5 Å². The van der Waals surface area contributed by atoms with Gasteiger partial charge in [-0.05, 0) is 31.7 Å². The minimum absolute atomic E-state index is 0.0349. The fourth-order valence-corrected chi connectivity index (χ4v) is 6.76. The van der Waals surface area contributed by atoms with E-state index in [0.29, 0.717) is 39.0 Å². The fraction of sp³-hybridized carbons (Fsp3) is 0.786. The number of hydrogen-bond acceptors (Lipinski definition) is 8. The van der Waals surface area contributed by atoms with Gasteiger partial charge in [0.2, 0.25) is 0 Å². The quantitative estimate of drug-likeness (QED) is 0.0669. The van der Waals surface area contributed by atoms with Crippen molar-refractivity contribution in [2.75, 3.05) is 25.6 Å². The number of nitrogens with two attached hydrogens (primary N) is 1. The molecule has 1 unspecified atom stereocenters. The van der Waals surface area contributed by atoms with Crippen molar-refractivity contribution in [1.82, 2.24) is 9.55 Å². The van der Waals surface area contributed by atoms with Crippen LogP contribution in [0.2, 0.25) is 0 Å². The van der Waals surface area contributed by atoms with Gasteiger partial charge in [0.1, 0.15) is 5.82 Å². The van der Waals surface area contributed by atoms with Gasteiger partial charge >= 0.3 is 21.1 Å². The maximum absolute atomic E-state index is 12.8. The highest BCUT2D eigenvalue weighted by atomic mass is 31.3. The van der Waals surface area contributed by atoms with Crippen molar-refractivity contribution in [2.24, 2.45) is 0 Å². The van der Waals surface area contributed by atoms with Crippen LogP contribution < -0.4 is 11.4 Å².